The fourth-order valence-corrected chi connectivity index (χ4v) is 2.97. The van der Waals surface area contributed by atoms with Crippen LogP contribution in [0.25, 0.3) is 0 Å². The molecule has 0 aliphatic rings. The molecule has 0 fully saturated rings. The third-order valence-corrected chi connectivity index (χ3v) is 4.99. The van der Waals surface area contributed by atoms with Gasteiger partial charge in [-0.25, -0.2) is 19.2 Å². The van der Waals surface area contributed by atoms with Crippen LogP contribution >= 0.6 is 0 Å². The number of ether oxygens (including phenoxy) is 5. The van der Waals surface area contributed by atoms with Crippen molar-refractivity contribution < 1.29 is 42.9 Å². The fourth-order valence-electron chi connectivity index (χ4n) is 2.97. The highest BCUT2D eigenvalue weighted by Gasteiger charge is 2.13. The van der Waals surface area contributed by atoms with E-state index in [1.807, 2.05) is 19.1 Å². The predicted molar refractivity (Wildman–Crippen MR) is 136 cm³/mol. The summed E-state index contributed by atoms with van der Waals surface area (Å²) in [6, 6.07) is 18.8. The summed E-state index contributed by atoms with van der Waals surface area (Å²) >= 11 is 0. The summed E-state index contributed by atoms with van der Waals surface area (Å²) in [5, 5.41) is 0. The van der Waals surface area contributed by atoms with Crippen LogP contribution in [0.3, 0.4) is 0 Å². The van der Waals surface area contributed by atoms with Crippen LogP contribution in [0.15, 0.2) is 85.5 Å². The quantitative estimate of drug-likeness (QED) is 0.107. The Kier molecular flexibility index (Phi) is 10.2. The van der Waals surface area contributed by atoms with Crippen molar-refractivity contribution in [2.45, 2.75) is 19.8 Å². The molecule has 0 heterocycles. The Morgan fingerprint density at radius 2 is 1.05 bits per heavy atom. The van der Waals surface area contributed by atoms with Gasteiger partial charge in [0.25, 0.3) is 0 Å². The monoisotopic (exact) mass is 518 g/mol. The first-order chi connectivity index (χ1) is 18.3. The number of benzene rings is 3. The Bertz CT molecular complexity index is 1260. The molecule has 0 spiro atoms. The van der Waals surface area contributed by atoms with Gasteiger partial charge < -0.3 is 23.7 Å². The number of aryl methyl sites for hydroxylation is 1. The molecule has 9 heteroatoms. The van der Waals surface area contributed by atoms with Gasteiger partial charge >= 0.3 is 24.1 Å². The van der Waals surface area contributed by atoms with Crippen molar-refractivity contribution in [1.82, 2.24) is 0 Å². The van der Waals surface area contributed by atoms with Crippen LogP contribution in [-0.2, 0) is 14.3 Å². The van der Waals surface area contributed by atoms with Gasteiger partial charge in [0.2, 0.25) is 0 Å². The fraction of sp³-hybridized carbons (Fsp3) is 0.172. The number of hydrogen-bond donors (Lipinski definition) is 0. The summed E-state index contributed by atoms with van der Waals surface area (Å²) in [5.41, 5.74) is 1.58. The average Bonchev–Trinajstić information content (AvgIpc) is 2.92. The van der Waals surface area contributed by atoms with Crippen molar-refractivity contribution in [3.8, 4) is 17.2 Å². The Labute approximate surface area is 219 Å². The lowest BCUT2D eigenvalue weighted by Gasteiger charge is -2.08. The highest BCUT2D eigenvalue weighted by molar-refractivity contribution is 5.92. The number of carbonyl (C=O) groups is 4. The summed E-state index contributed by atoms with van der Waals surface area (Å²) in [7, 11) is 0. The van der Waals surface area contributed by atoms with E-state index >= 15 is 0 Å². The highest BCUT2D eigenvalue weighted by atomic mass is 16.7. The zero-order valence-electron chi connectivity index (χ0n) is 20.7. The minimum absolute atomic E-state index is 0.0946. The molecule has 38 heavy (non-hydrogen) atoms. The zero-order valence-corrected chi connectivity index (χ0v) is 20.7. The van der Waals surface area contributed by atoms with Crippen molar-refractivity contribution >= 4 is 24.1 Å². The van der Waals surface area contributed by atoms with Crippen molar-refractivity contribution in [1.29, 1.82) is 0 Å². The van der Waals surface area contributed by atoms with Crippen molar-refractivity contribution in [2.24, 2.45) is 0 Å². The summed E-state index contributed by atoms with van der Waals surface area (Å²) in [6.45, 7) is 5.52. The maximum absolute atomic E-state index is 12.4. The van der Waals surface area contributed by atoms with Gasteiger partial charge in [0, 0.05) is 6.08 Å². The van der Waals surface area contributed by atoms with Crippen molar-refractivity contribution in [2.75, 3.05) is 13.2 Å². The molecule has 9 nitrogen and oxygen atoms in total. The zero-order chi connectivity index (χ0) is 27.3. The average molecular weight is 519 g/mol. The van der Waals surface area contributed by atoms with Crippen LogP contribution in [0.2, 0.25) is 0 Å². The summed E-state index contributed by atoms with van der Waals surface area (Å²) in [4.78, 5) is 47.4. The molecule has 0 unspecified atom stereocenters. The molecule has 0 bridgehead atoms. The van der Waals surface area contributed by atoms with E-state index in [1.165, 1.54) is 48.5 Å². The molecule has 0 amide bonds. The third-order valence-electron chi connectivity index (χ3n) is 4.99. The van der Waals surface area contributed by atoms with Crippen LogP contribution in [0.4, 0.5) is 4.79 Å². The molecule has 0 radical (unpaired) electrons. The molecule has 0 atom stereocenters. The molecule has 3 rings (SSSR count). The molecule has 3 aromatic carbocycles. The standard InChI is InChI=1S/C29H26O9/c1-3-26(30)34-18-4-5-19-35-29(33)38-25-16-10-22(11-17-25)28(32)37-24-14-8-21(9-15-24)27(31)36-23-12-6-20(2)7-13-23/h3,6-17H,1,4-5,18-19H2,2H3. The minimum Gasteiger partial charge on any atom is -0.463 e. The van der Waals surface area contributed by atoms with Gasteiger partial charge in [-0.3, -0.25) is 0 Å². The van der Waals surface area contributed by atoms with Crippen LogP contribution in [0.1, 0.15) is 39.1 Å². The van der Waals surface area contributed by atoms with Gasteiger partial charge in [0.15, 0.2) is 0 Å². The molecule has 0 saturated heterocycles. The Morgan fingerprint density at radius 1 is 0.632 bits per heavy atom. The Hall–Kier alpha value is -4.92. The molecule has 0 aliphatic carbocycles. The summed E-state index contributed by atoms with van der Waals surface area (Å²) in [5.74, 6) is -0.818. The molecular formula is C29H26O9. The first kappa shape index (κ1) is 27.7. The van der Waals surface area contributed by atoms with Gasteiger partial charge in [-0.1, -0.05) is 24.3 Å². The first-order valence-corrected chi connectivity index (χ1v) is 11.7. The van der Waals surface area contributed by atoms with E-state index in [4.69, 9.17) is 23.7 Å². The number of unbranched alkanes of at least 4 members (excludes halogenated alkanes) is 1. The third kappa shape index (κ3) is 8.94. The lowest BCUT2D eigenvalue weighted by Crippen LogP contribution is -2.13. The van der Waals surface area contributed by atoms with E-state index in [1.54, 1.807) is 12.1 Å². The predicted octanol–water partition coefficient (Wildman–Crippen LogP) is 5.46. The summed E-state index contributed by atoms with van der Waals surface area (Å²) in [6.07, 6.45) is 1.18. The van der Waals surface area contributed by atoms with Gasteiger partial charge in [-0.15, -0.1) is 0 Å². The van der Waals surface area contributed by atoms with E-state index in [2.05, 4.69) is 6.58 Å². The van der Waals surface area contributed by atoms with E-state index < -0.39 is 24.1 Å². The topological polar surface area (TPSA) is 114 Å². The molecule has 196 valence electrons. The van der Waals surface area contributed by atoms with Gasteiger partial charge in [0.05, 0.1) is 24.3 Å². The lowest BCUT2D eigenvalue weighted by molar-refractivity contribution is -0.137. The minimum atomic E-state index is -0.899. The molecule has 0 saturated carbocycles. The molecule has 3 aromatic rings. The SMILES string of the molecule is C=CC(=O)OCCCCOC(=O)Oc1ccc(C(=O)Oc2ccc(C(=O)Oc3ccc(C)cc3)cc2)cc1. The van der Waals surface area contributed by atoms with E-state index in [0.717, 1.165) is 11.6 Å². The second-order valence-corrected chi connectivity index (χ2v) is 7.92. The number of hydrogen-bond acceptors (Lipinski definition) is 9. The smallest absolute Gasteiger partial charge is 0.463 e. The first-order valence-electron chi connectivity index (χ1n) is 11.7. The van der Waals surface area contributed by atoms with Crippen molar-refractivity contribution in [3.05, 3.63) is 102 Å². The van der Waals surface area contributed by atoms with Crippen LogP contribution < -0.4 is 14.2 Å². The van der Waals surface area contributed by atoms with E-state index in [-0.39, 0.29) is 30.3 Å². The van der Waals surface area contributed by atoms with Crippen LogP contribution in [-0.4, -0.2) is 37.3 Å². The normalized spacial score (nSPS) is 10.1. The van der Waals surface area contributed by atoms with Gasteiger partial charge in [0.1, 0.15) is 17.2 Å². The Balaban J connectivity index is 1.42. The van der Waals surface area contributed by atoms with E-state index in [0.29, 0.717) is 24.2 Å². The Morgan fingerprint density at radius 3 is 1.53 bits per heavy atom. The largest absolute Gasteiger partial charge is 0.513 e. The number of carbonyl (C=O) groups excluding carboxylic acids is 4. The number of esters is 3. The maximum atomic E-state index is 12.4. The molecule has 0 aliphatic heterocycles. The maximum Gasteiger partial charge on any atom is 0.513 e. The second-order valence-electron chi connectivity index (χ2n) is 7.92. The van der Waals surface area contributed by atoms with E-state index in [9.17, 15) is 19.2 Å². The van der Waals surface area contributed by atoms with Crippen molar-refractivity contribution in [3.63, 3.8) is 0 Å². The lowest BCUT2D eigenvalue weighted by atomic mass is 10.2. The van der Waals surface area contributed by atoms with Crippen LogP contribution in [0.5, 0.6) is 17.2 Å². The van der Waals surface area contributed by atoms with Crippen LogP contribution in [0, 0.1) is 6.92 Å². The molecule has 0 aromatic heterocycles. The second kappa shape index (κ2) is 14.0. The van der Waals surface area contributed by atoms with Gasteiger partial charge in [-0.05, 0) is 80.4 Å². The molecular weight excluding hydrogens is 492 g/mol. The van der Waals surface area contributed by atoms with Gasteiger partial charge in [-0.2, -0.15) is 0 Å². The number of rotatable bonds is 11. The molecule has 0 N–H and O–H groups in total. The summed E-state index contributed by atoms with van der Waals surface area (Å²) < 4.78 is 25.5. The highest BCUT2D eigenvalue weighted by Crippen LogP contribution is 2.19.